The SMILES string of the molecule is Cc1ccc(CN2CCN(C(=O)OCc3ccccc3)CC2)cc1-c1cccc(Cl)c1. The highest BCUT2D eigenvalue weighted by Gasteiger charge is 2.22. The van der Waals surface area contributed by atoms with Gasteiger partial charge in [0.1, 0.15) is 6.61 Å². The fourth-order valence-corrected chi connectivity index (χ4v) is 4.08. The number of halogens is 1. The molecule has 0 atom stereocenters. The van der Waals surface area contributed by atoms with Gasteiger partial charge in [-0.3, -0.25) is 4.90 Å². The van der Waals surface area contributed by atoms with E-state index < -0.39 is 0 Å². The number of hydrogen-bond acceptors (Lipinski definition) is 3. The third kappa shape index (κ3) is 5.66. The fraction of sp³-hybridized carbons (Fsp3) is 0.269. The van der Waals surface area contributed by atoms with Gasteiger partial charge >= 0.3 is 6.09 Å². The predicted molar refractivity (Wildman–Crippen MR) is 125 cm³/mol. The Bertz CT molecular complexity index is 1030. The lowest BCUT2D eigenvalue weighted by molar-refractivity contribution is 0.0700. The van der Waals surface area contributed by atoms with E-state index in [1.165, 1.54) is 16.7 Å². The predicted octanol–water partition coefficient (Wildman–Crippen LogP) is 5.77. The first-order valence-electron chi connectivity index (χ1n) is 10.6. The summed E-state index contributed by atoms with van der Waals surface area (Å²) in [6, 6.07) is 24.4. The van der Waals surface area contributed by atoms with Gasteiger partial charge in [-0.25, -0.2) is 4.79 Å². The van der Waals surface area contributed by atoms with Crippen LogP contribution in [0.2, 0.25) is 5.02 Å². The molecular weight excluding hydrogens is 408 g/mol. The monoisotopic (exact) mass is 434 g/mol. The van der Waals surface area contributed by atoms with E-state index in [4.69, 9.17) is 16.3 Å². The van der Waals surface area contributed by atoms with Gasteiger partial charge < -0.3 is 9.64 Å². The number of rotatable bonds is 5. The van der Waals surface area contributed by atoms with E-state index in [1.54, 1.807) is 4.90 Å². The van der Waals surface area contributed by atoms with Crippen LogP contribution in [0.5, 0.6) is 0 Å². The molecule has 3 aromatic carbocycles. The van der Waals surface area contributed by atoms with Crippen molar-refractivity contribution in [3.8, 4) is 11.1 Å². The van der Waals surface area contributed by atoms with Gasteiger partial charge in [0, 0.05) is 37.7 Å². The molecule has 0 bridgehead atoms. The molecule has 0 radical (unpaired) electrons. The molecule has 0 aliphatic carbocycles. The summed E-state index contributed by atoms with van der Waals surface area (Å²) < 4.78 is 5.47. The third-order valence-electron chi connectivity index (χ3n) is 5.68. The van der Waals surface area contributed by atoms with Crippen molar-refractivity contribution in [2.75, 3.05) is 26.2 Å². The highest BCUT2D eigenvalue weighted by molar-refractivity contribution is 6.30. The molecule has 1 heterocycles. The maximum absolute atomic E-state index is 12.4. The van der Waals surface area contributed by atoms with Crippen LogP contribution in [0.15, 0.2) is 72.8 Å². The average molecular weight is 435 g/mol. The summed E-state index contributed by atoms with van der Waals surface area (Å²) in [5.41, 5.74) is 5.85. The van der Waals surface area contributed by atoms with Crippen LogP contribution in [-0.2, 0) is 17.9 Å². The number of nitrogens with zero attached hydrogens (tertiary/aromatic N) is 2. The number of hydrogen-bond donors (Lipinski definition) is 0. The lowest BCUT2D eigenvalue weighted by atomic mass is 9.98. The first-order valence-corrected chi connectivity index (χ1v) is 11.0. The van der Waals surface area contributed by atoms with Crippen LogP contribution in [0.3, 0.4) is 0 Å². The highest BCUT2D eigenvalue weighted by Crippen LogP contribution is 2.27. The number of carbonyl (C=O) groups excluding carboxylic acids is 1. The molecule has 0 N–H and O–H groups in total. The Hall–Kier alpha value is -2.82. The van der Waals surface area contributed by atoms with Crippen molar-refractivity contribution in [1.82, 2.24) is 9.80 Å². The smallest absolute Gasteiger partial charge is 0.410 e. The fourth-order valence-electron chi connectivity index (χ4n) is 3.89. The molecule has 0 unspecified atom stereocenters. The van der Waals surface area contributed by atoms with E-state index in [1.807, 2.05) is 48.5 Å². The Morgan fingerprint density at radius 3 is 2.42 bits per heavy atom. The van der Waals surface area contributed by atoms with Crippen molar-refractivity contribution < 1.29 is 9.53 Å². The number of amides is 1. The van der Waals surface area contributed by atoms with Crippen LogP contribution in [0.4, 0.5) is 4.79 Å². The van der Waals surface area contributed by atoms with Crippen LogP contribution in [0.1, 0.15) is 16.7 Å². The van der Waals surface area contributed by atoms with Gasteiger partial charge in [0.05, 0.1) is 0 Å². The molecule has 0 saturated carbocycles. The van der Waals surface area contributed by atoms with Crippen molar-refractivity contribution >= 4 is 17.7 Å². The van der Waals surface area contributed by atoms with Gasteiger partial charge in [0.2, 0.25) is 0 Å². The summed E-state index contributed by atoms with van der Waals surface area (Å²) in [4.78, 5) is 16.6. The van der Waals surface area contributed by atoms with Crippen LogP contribution in [0, 0.1) is 6.92 Å². The maximum Gasteiger partial charge on any atom is 0.410 e. The Balaban J connectivity index is 1.32. The van der Waals surface area contributed by atoms with E-state index in [0.717, 1.165) is 35.8 Å². The zero-order valence-corrected chi connectivity index (χ0v) is 18.5. The van der Waals surface area contributed by atoms with Crippen molar-refractivity contribution in [3.63, 3.8) is 0 Å². The summed E-state index contributed by atoms with van der Waals surface area (Å²) >= 11 is 6.19. The molecule has 0 spiro atoms. The normalized spacial score (nSPS) is 14.5. The topological polar surface area (TPSA) is 32.8 Å². The molecule has 3 aromatic rings. The van der Waals surface area contributed by atoms with E-state index in [0.29, 0.717) is 19.7 Å². The minimum atomic E-state index is -0.234. The maximum atomic E-state index is 12.4. The van der Waals surface area contributed by atoms with Crippen molar-refractivity contribution in [1.29, 1.82) is 0 Å². The van der Waals surface area contributed by atoms with Crippen LogP contribution in [0.25, 0.3) is 11.1 Å². The molecule has 1 saturated heterocycles. The molecule has 4 rings (SSSR count). The quantitative estimate of drug-likeness (QED) is 0.511. The van der Waals surface area contributed by atoms with Gasteiger partial charge in [0.25, 0.3) is 0 Å². The third-order valence-corrected chi connectivity index (χ3v) is 5.91. The Morgan fingerprint density at radius 1 is 0.903 bits per heavy atom. The summed E-state index contributed by atoms with van der Waals surface area (Å²) in [5, 5.41) is 0.748. The first-order chi connectivity index (χ1) is 15.1. The van der Waals surface area contributed by atoms with Crippen LogP contribution < -0.4 is 0 Å². The second-order valence-corrected chi connectivity index (χ2v) is 8.40. The van der Waals surface area contributed by atoms with Crippen LogP contribution in [-0.4, -0.2) is 42.1 Å². The molecule has 5 heteroatoms. The first kappa shape index (κ1) is 21.4. The van der Waals surface area contributed by atoms with Crippen molar-refractivity contribution in [2.45, 2.75) is 20.1 Å². The lowest BCUT2D eigenvalue weighted by Gasteiger charge is -2.34. The number of benzene rings is 3. The lowest BCUT2D eigenvalue weighted by Crippen LogP contribution is -2.48. The zero-order chi connectivity index (χ0) is 21.6. The second-order valence-electron chi connectivity index (χ2n) is 7.96. The largest absolute Gasteiger partial charge is 0.445 e. The number of carbonyl (C=O) groups is 1. The molecule has 1 amide bonds. The standard InChI is InChI=1S/C26H27ClN2O2/c1-20-10-11-22(16-25(20)23-8-5-9-24(27)17-23)18-28-12-14-29(15-13-28)26(30)31-19-21-6-3-2-4-7-21/h2-11,16-17H,12-15,18-19H2,1H3. The molecule has 160 valence electrons. The van der Waals surface area contributed by atoms with Crippen molar-refractivity contribution in [2.24, 2.45) is 0 Å². The Labute approximate surface area is 189 Å². The van der Waals surface area contributed by atoms with E-state index >= 15 is 0 Å². The minimum absolute atomic E-state index is 0.234. The van der Waals surface area contributed by atoms with Gasteiger partial charge in [-0.1, -0.05) is 66.2 Å². The molecule has 31 heavy (non-hydrogen) atoms. The van der Waals surface area contributed by atoms with Crippen molar-refractivity contribution in [3.05, 3.63) is 94.5 Å². The summed E-state index contributed by atoms with van der Waals surface area (Å²) in [5.74, 6) is 0. The Kier molecular flexibility index (Phi) is 6.90. The van der Waals surface area contributed by atoms with Crippen LogP contribution >= 0.6 is 11.6 Å². The highest BCUT2D eigenvalue weighted by atomic mass is 35.5. The van der Waals surface area contributed by atoms with Gasteiger partial charge in [-0.2, -0.15) is 0 Å². The van der Waals surface area contributed by atoms with Gasteiger partial charge in [-0.05, 0) is 52.9 Å². The summed E-state index contributed by atoms with van der Waals surface area (Å²) in [6.45, 7) is 6.33. The molecule has 1 aliphatic heterocycles. The number of ether oxygens (including phenoxy) is 1. The summed E-state index contributed by atoms with van der Waals surface area (Å²) in [6.07, 6.45) is -0.234. The van der Waals surface area contributed by atoms with Gasteiger partial charge in [0.15, 0.2) is 0 Å². The van der Waals surface area contributed by atoms with E-state index in [2.05, 4.69) is 36.1 Å². The van der Waals surface area contributed by atoms with Gasteiger partial charge in [-0.15, -0.1) is 0 Å². The molecule has 1 fully saturated rings. The average Bonchev–Trinajstić information content (AvgIpc) is 2.80. The number of aryl methyl sites for hydroxylation is 1. The van der Waals surface area contributed by atoms with E-state index in [-0.39, 0.29) is 6.09 Å². The molecule has 1 aliphatic rings. The zero-order valence-electron chi connectivity index (χ0n) is 17.8. The second kappa shape index (κ2) is 9.99. The van der Waals surface area contributed by atoms with E-state index in [9.17, 15) is 4.79 Å². The molecule has 4 nitrogen and oxygen atoms in total. The molecular formula is C26H27ClN2O2. The molecule has 0 aromatic heterocycles. The number of piperazine rings is 1. The summed E-state index contributed by atoms with van der Waals surface area (Å²) in [7, 11) is 0. The minimum Gasteiger partial charge on any atom is -0.445 e. The Morgan fingerprint density at radius 2 is 1.68 bits per heavy atom.